The Morgan fingerprint density at radius 3 is 2.23 bits per heavy atom. The van der Waals surface area contributed by atoms with Crippen LogP contribution in [-0.4, -0.2) is 18.5 Å². The summed E-state index contributed by atoms with van der Waals surface area (Å²) in [6.45, 7) is 5.94. The molecule has 0 heterocycles. The summed E-state index contributed by atoms with van der Waals surface area (Å²) in [6.07, 6.45) is 0.332. The Labute approximate surface area is 154 Å². The highest BCUT2D eigenvalue weighted by Gasteiger charge is 2.26. The minimum atomic E-state index is -1.23. The van der Waals surface area contributed by atoms with Crippen molar-refractivity contribution in [2.75, 3.05) is 11.9 Å². The number of benzene rings is 2. The van der Waals surface area contributed by atoms with Crippen LogP contribution in [0.15, 0.2) is 48.5 Å². The zero-order valence-electron chi connectivity index (χ0n) is 15.3. The van der Waals surface area contributed by atoms with E-state index in [2.05, 4.69) is 5.32 Å². The smallest absolute Gasteiger partial charge is 0.228 e. The molecule has 5 nitrogen and oxygen atoms in total. The number of carbonyl (C=O) groups excluding carboxylic acids is 2. The first-order valence-electron chi connectivity index (χ1n) is 8.70. The van der Waals surface area contributed by atoms with Gasteiger partial charge in [-0.3, -0.25) is 4.79 Å². The van der Waals surface area contributed by atoms with E-state index in [-0.39, 0.29) is 5.91 Å². The molecule has 1 amide bonds. The summed E-state index contributed by atoms with van der Waals surface area (Å²) >= 11 is 0. The molecular formula is C21H24NO4-. The molecule has 0 bridgehead atoms. The van der Waals surface area contributed by atoms with Gasteiger partial charge in [0.15, 0.2) is 0 Å². The molecule has 0 saturated heterocycles. The normalized spacial score (nSPS) is 12.9. The summed E-state index contributed by atoms with van der Waals surface area (Å²) in [6, 6.07) is 14.7. The molecule has 26 heavy (non-hydrogen) atoms. The Morgan fingerprint density at radius 2 is 1.69 bits per heavy atom. The van der Waals surface area contributed by atoms with Crippen molar-refractivity contribution in [2.45, 2.75) is 27.2 Å². The van der Waals surface area contributed by atoms with Gasteiger partial charge in [0, 0.05) is 17.6 Å². The van der Waals surface area contributed by atoms with Crippen LogP contribution in [-0.2, 0) is 16.0 Å². The Balaban J connectivity index is 2.14. The third-order valence-corrected chi connectivity index (χ3v) is 4.32. The first-order chi connectivity index (χ1) is 12.4. The van der Waals surface area contributed by atoms with Gasteiger partial charge in [-0.1, -0.05) is 36.8 Å². The van der Waals surface area contributed by atoms with Gasteiger partial charge in [-0.2, -0.15) is 0 Å². The number of hydrogen-bond donors (Lipinski definition) is 1. The molecule has 1 N–H and O–H groups in total. The first kappa shape index (κ1) is 19.5. The molecule has 2 rings (SSSR count). The zero-order valence-corrected chi connectivity index (χ0v) is 15.3. The quantitative estimate of drug-likeness (QED) is 0.790. The van der Waals surface area contributed by atoms with Crippen LogP contribution in [0.3, 0.4) is 0 Å². The van der Waals surface area contributed by atoms with Crippen LogP contribution in [0.25, 0.3) is 0 Å². The lowest BCUT2D eigenvalue weighted by Gasteiger charge is -2.24. The van der Waals surface area contributed by atoms with Gasteiger partial charge in [0.2, 0.25) is 5.91 Å². The van der Waals surface area contributed by atoms with E-state index in [4.69, 9.17) is 4.74 Å². The van der Waals surface area contributed by atoms with Gasteiger partial charge in [0.05, 0.1) is 12.5 Å². The standard InChI is InChI=1S/C21H25NO4/c1-4-26-18-11-9-17(10-12-18)22-20(23)19(15(3)21(24)25)13-16-7-5-14(2)6-8-16/h5-12,15,19H,4,13H2,1-3H3,(H,22,23)(H,24,25)/p-1/t15-,19-/m1/s1. The van der Waals surface area contributed by atoms with Crippen molar-refractivity contribution < 1.29 is 19.4 Å². The van der Waals surface area contributed by atoms with Crippen LogP contribution in [0.4, 0.5) is 5.69 Å². The third kappa shape index (κ3) is 5.34. The molecule has 0 aliphatic rings. The topological polar surface area (TPSA) is 78.5 Å². The predicted octanol–water partition coefficient (Wildman–Crippen LogP) is 2.58. The molecule has 0 unspecified atom stereocenters. The number of aryl methyl sites for hydroxylation is 1. The second-order valence-electron chi connectivity index (χ2n) is 6.35. The number of carbonyl (C=O) groups is 2. The van der Waals surface area contributed by atoms with E-state index in [0.717, 1.165) is 11.1 Å². The monoisotopic (exact) mass is 354 g/mol. The van der Waals surface area contributed by atoms with Crippen molar-refractivity contribution in [1.82, 2.24) is 0 Å². The average Bonchev–Trinajstić information content (AvgIpc) is 2.62. The molecule has 0 aromatic heterocycles. The summed E-state index contributed by atoms with van der Waals surface area (Å²) in [5.74, 6) is -2.49. The summed E-state index contributed by atoms with van der Waals surface area (Å²) in [7, 11) is 0. The summed E-state index contributed by atoms with van der Waals surface area (Å²) in [5.41, 5.74) is 2.62. The van der Waals surface area contributed by atoms with Crippen molar-refractivity contribution in [3.05, 3.63) is 59.7 Å². The van der Waals surface area contributed by atoms with Gasteiger partial charge < -0.3 is 20.0 Å². The number of amides is 1. The van der Waals surface area contributed by atoms with Crippen LogP contribution < -0.4 is 15.2 Å². The highest BCUT2D eigenvalue weighted by Crippen LogP contribution is 2.22. The van der Waals surface area contributed by atoms with Gasteiger partial charge >= 0.3 is 0 Å². The average molecular weight is 354 g/mol. The maximum atomic E-state index is 12.7. The second-order valence-corrected chi connectivity index (χ2v) is 6.35. The van der Waals surface area contributed by atoms with Gasteiger partial charge in [0.25, 0.3) is 0 Å². The molecule has 2 aromatic carbocycles. The van der Waals surface area contributed by atoms with Gasteiger partial charge in [-0.15, -0.1) is 0 Å². The van der Waals surface area contributed by atoms with Crippen molar-refractivity contribution in [3.63, 3.8) is 0 Å². The fourth-order valence-electron chi connectivity index (χ4n) is 2.68. The lowest BCUT2D eigenvalue weighted by Crippen LogP contribution is -2.40. The molecule has 0 aliphatic carbocycles. The minimum absolute atomic E-state index is 0.332. The maximum absolute atomic E-state index is 12.7. The molecule has 0 spiro atoms. The number of carboxylic acids is 1. The lowest BCUT2D eigenvalue weighted by atomic mass is 9.87. The van der Waals surface area contributed by atoms with Gasteiger partial charge in [0.1, 0.15) is 5.75 Å². The Bertz CT molecular complexity index is 738. The number of hydrogen-bond acceptors (Lipinski definition) is 4. The number of nitrogens with one attached hydrogen (secondary N) is 1. The van der Waals surface area contributed by atoms with E-state index in [9.17, 15) is 14.7 Å². The van der Waals surface area contributed by atoms with Crippen molar-refractivity contribution >= 4 is 17.6 Å². The van der Waals surface area contributed by atoms with E-state index in [1.165, 1.54) is 6.92 Å². The van der Waals surface area contributed by atoms with Crippen molar-refractivity contribution in [2.24, 2.45) is 11.8 Å². The largest absolute Gasteiger partial charge is 0.550 e. The fourth-order valence-corrected chi connectivity index (χ4v) is 2.68. The number of ether oxygens (including phenoxy) is 1. The minimum Gasteiger partial charge on any atom is -0.550 e. The lowest BCUT2D eigenvalue weighted by molar-refractivity contribution is -0.312. The van der Waals surface area contributed by atoms with Crippen LogP contribution >= 0.6 is 0 Å². The van der Waals surface area contributed by atoms with E-state index >= 15 is 0 Å². The first-order valence-corrected chi connectivity index (χ1v) is 8.70. The molecule has 0 saturated carbocycles. The van der Waals surface area contributed by atoms with Crippen LogP contribution in [0, 0.1) is 18.8 Å². The van der Waals surface area contributed by atoms with Crippen LogP contribution in [0.5, 0.6) is 5.75 Å². The Kier molecular flexibility index (Phi) is 6.78. The highest BCUT2D eigenvalue weighted by atomic mass is 16.5. The third-order valence-electron chi connectivity index (χ3n) is 4.32. The van der Waals surface area contributed by atoms with Crippen molar-refractivity contribution in [1.29, 1.82) is 0 Å². The van der Waals surface area contributed by atoms with Gasteiger partial charge in [-0.25, -0.2) is 0 Å². The van der Waals surface area contributed by atoms with E-state index in [1.807, 2.05) is 38.1 Å². The zero-order chi connectivity index (χ0) is 19.1. The SMILES string of the molecule is CCOc1ccc(NC(=O)[C@H](Cc2ccc(C)cc2)[C@@H](C)C(=O)[O-])cc1. The second kappa shape index (κ2) is 9.04. The fraction of sp³-hybridized carbons (Fsp3) is 0.333. The van der Waals surface area contributed by atoms with Gasteiger partial charge in [-0.05, 0) is 50.1 Å². The predicted molar refractivity (Wildman–Crippen MR) is 98.8 cm³/mol. The molecule has 2 atom stereocenters. The summed E-state index contributed by atoms with van der Waals surface area (Å²) < 4.78 is 5.37. The van der Waals surface area contributed by atoms with Crippen LogP contribution in [0.1, 0.15) is 25.0 Å². The van der Waals surface area contributed by atoms with E-state index in [1.54, 1.807) is 24.3 Å². The number of rotatable bonds is 8. The molecular weight excluding hydrogens is 330 g/mol. The Hall–Kier alpha value is -2.82. The molecule has 5 heteroatoms. The summed E-state index contributed by atoms with van der Waals surface area (Å²) in [4.78, 5) is 24.1. The molecule has 138 valence electrons. The van der Waals surface area contributed by atoms with E-state index in [0.29, 0.717) is 24.5 Å². The number of carboxylic acid groups (broad SMARTS) is 1. The summed E-state index contributed by atoms with van der Waals surface area (Å²) in [5, 5.41) is 14.1. The number of anilines is 1. The van der Waals surface area contributed by atoms with Crippen molar-refractivity contribution in [3.8, 4) is 5.75 Å². The molecule has 0 aliphatic heterocycles. The van der Waals surface area contributed by atoms with Crippen LogP contribution in [0.2, 0.25) is 0 Å². The highest BCUT2D eigenvalue weighted by molar-refractivity contribution is 5.95. The Morgan fingerprint density at radius 1 is 1.08 bits per heavy atom. The molecule has 2 aromatic rings. The molecule has 0 radical (unpaired) electrons. The number of aliphatic carboxylic acids is 1. The van der Waals surface area contributed by atoms with E-state index < -0.39 is 17.8 Å². The molecule has 0 fully saturated rings. The maximum Gasteiger partial charge on any atom is 0.228 e.